The summed E-state index contributed by atoms with van der Waals surface area (Å²) in [6, 6.07) is 7.65. The SMILES string of the molecule is Cc1cnc(Nc2cnn(C)c2)nc1-c1ccc(N)cc1. The smallest absolute Gasteiger partial charge is 0.227 e. The zero-order valence-electron chi connectivity index (χ0n) is 11.9. The molecule has 0 saturated carbocycles. The summed E-state index contributed by atoms with van der Waals surface area (Å²) >= 11 is 0. The third-order valence-corrected chi connectivity index (χ3v) is 3.12. The number of rotatable bonds is 3. The number of anilines is 3. The third kappa shape index (κ3) is 2.84. The molecule has 0 radical (unpaired) electrons. The molecular weight excluding hydrogens is 264 g/mol. The van der Waals surface area contributed by atoms with Crippen molar-refractivity contribution in [3.63, 3.8) is 0 Å². The molecule has 0 bridgehead atoms. The maximum atomic E-state index is 5.72. The number of aromatic nitrogens is 4. The van der Waals surface area contributed by atoms with E-state index in [9.17, 15) is 0 Å². The molecule has 6 heteroatoms. The highest BCUT2D eigenvalue weighted by Gasteiger charge is 2.07. The quantitative estimate of drug-likeness (QED) is 0.720. The van der Waals surface area contributed by atoms with E-state index in [-0.39, 0.29) is 0 Å². The number of nitrogens with one attached hydrogen (secondary N) is 1. The largest absolute Gasteiger partial charge is 0.399 e. The molecule has 106 valence electrons. The van der Waals surface area contributed by atoms with Crippen LogP contribution in [-0.2, 0) is 7.05 Å². The fraction of sp³-hybridized carbons (Fsp3) is 0.133. The molecule has 3 aromatic rings. The van der Waals surface area contributed by atoms with Gasteiger partial charge in [0, 0.05) is 30.7 Å². The van der Waals surface area contributed by atoms with Crippen LogP contribution >= 0.6 is 0 Å². The number of nitrogens with two attached hydrogens (primary N) is 1. The van der Waals surface area contributed by atoms with Crippen molar-refractivity contribution in [1.82, 2.24) is 19.7 Å². The van der Waals surface area contributed by atoms with Gasteiger partial charge in [-0.05, 0) is 24.6 Å². The fourth-order valence-electron chi connectivity index (χ4n) is 2.05. The molecular formula is C15H16N6. The predicted molar refractivity (Wildman–Crippen MR) is 83.1 cm³/mol. The monoisotopic (exact) mass is 280 g/mol. The van der Waals surface area contributed by atoms with Gasteiger partial charge in [-0.1, -0.05) is 12.1 Å². The molecule has 2 heterocycles. The summed E-state index contributed by atoms with van der Waals surface area (Å²) in [4.78, 5) is 8.88. The molecule has 0 aliphatic heterocycles. The molecule has 2 aromatic heterocycles. The number of nitrogen functional groups attached to an aromatic ring is 1. The van der Waals surface area contributed by atoms with E-state index in [4.69, 9.17) is 5.73 Å². The number of aryl methyl sites for hydroxylation is 2. The Morgan fingerprint density at radius 3 is 2.57 bits per heavy atom. The van der Waals surface area contributed by atoms with E-state index in [1.54, 1.807) is 17.1 Å². The van der Waals surface area contributed by atoms with E-state index < -0.39 is 0 Å². The molecule has 0 aliphatic rings. The van der Waals surface area contributed by atoms with Crippen molar-refractivity contribution in [1.29, 1.82) is 0 Å². The van der Waals surface area contributed by atoms with Crippen LogP contribution in [-0.4, -0.2) is 19.7 Å². The standard InChI is InChI=1S/C15H16N6/c1-10-7-17-15(19-13-8-18-21(2)9-13)20-14(10)11-3-5-12(16)6-4-11/h3-9H,16H2,1-2H3,(H,17,19,20). The van der Waals surface area contributed by atoms with Crippen LogP contribution in [0.2, 0.25) is 0 Å². The van der Waals surface area contributed by atoms with Crippen LogP contribution in [0.5, 0.6) is 0 Å². The second-order valence-corrected chi connectivity index (χ2v) is 4.87. The second-order valence-electron chi connectivity index (χ2n) is 4.87. The molecule has 3 rings (SSSR count). The van der Waals surface area contributed by atoms with E-state index in [1.807, 2.05) is 44.4 Å². The normalized spacial score (nSPS) is 10.6. The Balaban J connectivity index is 1.94. The third-order valence-electron chi connectivity index (χ3n) is 3.12. The maximum Gasteiger partial charge on any atom is 0.227 e. The van der Waals surface area contributed by atoms with Crippen LogP contribution in [0, 0.1) is 6.92 Å². The molecule has 0 fully saturated rings. The van der Waals surface area contributed by atoms with Crippen LogP contribution in [0.3, 0.4) is 0 Å². The van der Waals surface area contributed by atoms with Crippen molar-refractivity contribution >= 4 is 17.3 Å². The van der Waals surface area contributed by atoms with Gasteiger partial charge in [-0.2, -0.15) is 5.10 Å². The Kier molecular flexibility index (Phi) is 3.27. The first-order valence-corrected chi connectivity index (χ1v) is 6.57. The molecule has 3 N–H and O–H groups in total. The summed E-state index contributed by atoms with van der Waals surface area (Å²) in [5.41, 5.74) is 10.2. The van der Waals surface area contributed by atoms with Crippen molar-refractivity contribution in [3.8, 4) is 11.3 Å². The minimum absolute atomic E-state index is 0.542. The first kappa shape index (κ1) is 13.1. The highest BCUT2D eigenvalue weighted by molar-refractivity contribution is 5.66. The molecule has 0 saturated heterocycles. The lowest BCUT2D eigenvalue weighted by Gasteiger charge is -2.08. The first-order valence-electron chi connectivity index (χ1n) is 6.57. The van der Waals surface area contributed by atoms with Gasteiger partial charge in [0.2, 0.25) is 5.95 Å². The minimum atomic E-state index is 0.542. The Morgan fingerprint density at radius 2 is 1.90 bits per heavy atom. The lowest BCUT2D eigenvalue weighted by Crippen LogP contribution is -1.99. The Hall–Kier alpha value is -2.89. The summed E-state index contributed by atoms with van der Waals surface area (Å²) in [5, 5.41) is 7.25. The molecule has 1 aromatic carbocycles. The van der Waals surface area contributed by atoms with Crippen molar-refractivity contribution in [3.05, 3.63) is 48.4 Å². The van der Waals surface area contributed by atoms with Gasteiger partial charge in [0.15, 0.2) is 0 Å². The van der Waals surface area contributed by atoms with E-state index in [1.165, 1.54) is 0 Å². The van der Waals surface area contributed by atoms with Gasteiger partial charge < -0.3 is 11.1 Å². The Labute approximate surface area is 122 Å². The predicted octanol–water partition coefficient (Wildman–Crippen LogP) is 2.51. The van der Waals surface area contributed by atoms with Gasteiger partial charge in [-0.25, -0.2) is 9.97 Å². The fourth-order valence-corrected chi connectivity index (χ4v) is 2.05. The van der Waals surface area contributed by atoms with Crippen molar-refractivity contribution in [2.75, 3.05) is 11.1 Å². The lowest BCUT2D eigenvalue weighted by molar-refractivity contribution is 0.768. The summed E-state index contributed by atoms with van der Waals surface area (Å²) in [6.45, 7) is 1.99. The highest BCUT2D eigenvalue weighted by atomic mass is 15.3. The summed E-state index contributed by atoms with van der Waals surface area (Å²) in [6.07, 6.45) is 5.40. The van der Waals surface area contributed by atoms with E-state index in [2.05, 4.69) is 20.4 Å². The van der Waals surface area contributed by atoms with E-state index in [0.29, 0.717) is 5.95 Å². The van der Waals surface area contributed by atoms with Gasteiger partial charge in [0.1, 0.15) is 0 Å². The molecule has 21 heavy (non-hydrogen) atoms. The van der Waals surface area contributed by atoms with Crippen LogP contribution in [0.25, 0.3) is 11.3 Å². The average molecular weight is 280 g/mol. The second kappa shape index (κ2) is 5.24. The Morgan fingerprint density at radius 1 is 1.14 bits per heavy atom. The highest BCUT2D eigenvalue weighted by Crippen LogP contribution is 2.23. The van der Waals surface area contributed by atoms with E-state index >= 15 is 0 Å². The summed E-state index contributed by atoms with van der Waals surface area (Å²) in [5.74, 6) is 0.542. The van der Waals surface area contributed by atoms with Crippen LogP contribution in [0.4, 0.5) is 17.3 Å². The average Bonchev–Trinajstić information content (AvgIpc) is 2.87. The van der Waals surface area contributed by atoms with Crippen LogP contribution < -0.4 is 11.1 Å². The maximum absolute atomic E-state index is 5.72. The molecule has 0 spiro atoms. The Bertz CT molecular complexity index is 760. The van der Waals surface area contributed by atoms with Gasteiger partial charge in [-0.3, -0.25) is 4.68 Å². The summed E-state index contributed by atoms with van der Waals surface area (Å²) in [7, 11) is 1.86. The van der Waals surface area contributed by atoms with Crippen LogP contribution in [0.15, 0.2) is 42.9 Å². The number of hydrogen-bond acceptors (Lipinski definition) is 5. The first-order chi connectivity index (χ1) is 10.1. The molecule has 6 nitrogen and oxygen atoms in total. The summed E-state index contributed by atoms with van der Waals surface area (Å²) < 4.78 is 1.72. The van der Waals surface area contributed by atoms with Crippen molar-refractivity contribution < 1.29 is 0 Å². The topological polar surface area (TPSA) is 81.7 Å². The van der Waals surface area contributed by atoms with Gasteiger partial charge in [0.05, 0.1) is 17.6 Å². The van der Waals surface area contributed by atoms with Gasteiger partial charge in [-0.15, -0.1) is 0 Å². The van der Waals surface area contributed by atoms with Gasteiger partial charge in [0.25, 0.3) is 0 Å². The van der Waals surface area contributed by atoms with Gasteiger partial charge >= 0.3 is 0 Å². The molecule has 0 unspecified atom stereocenters. The van der Waals surface area contributed by atoms with Crippen LogP contribution in [0.1, 0.15) is 5.56 Å². The molecule has 0 aliphatic carbocycles. The van der Waals surface area contributed by atoms with Crippen molar-refractivity contribution in [2.45, 2.75) is 6.92 Å². The number of nitrogens with zero attached hydrogens (tertiary/aromatic N) is 4. The number of benzene rings is 1. The zero-order chi connectivity index (χ0) is 14.8. The zero-order valence-corrected chi connectivity index (χ0v) is 11.9. The van der Waals surface area contributed by atoms with Crippen molar-refractivity contribution in [2.24, 2.45) is 7.05 Å². The molecule has 0 atom stereocenters. The lowest BCUT2D eigenvalue weighted by atomic mass is 10.1. The number of hydrogen-bond donors (Lipinski definition) is 2. The van der Waals surface area contributed by atoms with E-state index in [0.717, 1.165) is 28.2 Å². The molecule has 0 amide bonds. The minimum Gasteiger partial charge on any atom is -0.399 e.